The Bertz CT molecular complexity index is 743. The molecule has 6 heteroatoms. The van der Waals surface area contributed by atoms with E-state index in [-0.39, 0.29) is 23.8 Å². The van der Waals surface area contributed by atoms with Crippen molar-refractivity contribution in [2.24, 2.45) is 5.41 Å². The second-order valence-corrected chi connectivity index (χ2v) is 9.03. The van der Waals surface area contributed by atoms with Crippen LogP contribution in [0.4, 0.5) is 0 Å². The molecule has 1 amide bonds. The maximum Gasteiger partial charge on any atom is 0.356 e. The van der Waals surface area contributed by atoms with Gasteiger partial charge in [0.25, 0.3) is 0 Å². The normalized spacial score (nSPS) is 26.0. The van der Waals surface area contributed by atoms with Crippen molar-refractivity contribution >= 4 is 23.6 Å². The molecule has 26 heavy (non-hydrogen) atoms. The summed E-state index contributed by atoms with van der Waals surface area (Å²) in [5, 5.41) is 10.4. The van der Waals surface area contributed by atoms with Crippen molar-refractivity contribution in [3.05, 3.63) is 46.5 Å². The van der Waals surface area contributed by atoms with Crippen molar-refractivity contribution in [3.63, 3.8) is 0 Å². The van der Waals surface area contributed by atoms with Gasteiger partial charge in [-0.2, -0.15) is 0 Å². The van der Waals surface area contributed by atoms with Crippen LogP contribution in [0.1, 0.15) is 39.7 Å². The molecule has 0 saturated carbocycles. The van der Waals surface area contributed by atoms with Crippen LogP contribution in [0.5, 0.6) is 0 Å². The third-order valence-electron chi connectivity index (χ3n) is 5.22. The molecule has 1 N–H and O–H groups in total. The number of nitrogens with zero attached hydrogens (tertiary/aromatic N) is 1. The van der Waals surface area contributed by atoms with Crippen LogP contribution in [0.25, 0.3) is 0 Å². The minimum atomic E-state index is -0.843. The number of benzene rings is 1. The quantitative estimate of drug-likeness (QED) is 0.611. The van der Waals surface area contributed by atoms with Gasteiger partial charge in [-0.1, -0.05) is 44.2 Å². The number of carbonyl (C=O) groups is 2. The number of esters is 1. The number of thioether (sulfide) groups is 1. The Kier molecular flexibility index (Phi) is 5.17. The Morgan fingerprint density at radius 1 is 1.35 bits per heavy atom. The van der Waals surface area contributed by atoms with Gasteiger partial charge in [0, 0.05) is 16.6 Å². The number of aliphatic hydroxyl groups excluding tert-OH is 1. The maximum atomic E-state index is 12.8. The van der Waals surface area contributed by atoms with Gasteiger partial charge < -0.3 is 14.7 Å². The van der Waals surface area contributed by atoms with Crippen molar-refractivity contribution < 1.29 is 19.4 Å². The molecule has 3 atom stereocenters. The van der Waals surface area contributed by atoms with Crippen LogP contribution in [0, 0.1) is 5.41 Å². The summed E-state index contributed by atoms with van der Waals surface area (Å²) in [5.41, 5.74) is 0.412. The zero-order chi connectivity index (χ0) is 19.1. The fraction of sp³-hybridized carbons (Fsp3) is 0.500. The number of amides is 1. The first-order valence-corrected chi connectivity index (χ1v) is 9.77. The number of hydrogen-bond acceptors (Lipinski definition) is 5. The molecule has 1 saturated heterocycles. The van der Waals surface area contributed by atoms with Gasteiger partial charge in [-0.3, -0.25) is 4.79 Å². The molecular formula is C20H25NO4S. The van der Waals surface area contributed by atoms with E-state index in [2.05, 4.69) is 13.8 Å². The van der Waals surface area contributed by atoms with E-state index in [9.17, 15) is 14.7 Å². The standard InChI is InChI=1S/C20H25NO4S/c1-12(2)26-15-10-16-20(4,13(3)22)19(24)21(16)17(15)18(23)25-11-14-8-6-5-7-9-14/h5-9,12-13,16,22H,10-11H2,1-4H3. The van der Waals surface area contributed by atoms with Gasteiger partial charge in [0.2, 0.25) is 5.91 Å². The van der Waals surface area contributed by atoms with Crippen LogP contribution in [0.3, 0.4) is 0 Å². The summed E-state index contributed by atoms with van der Waals surface area (Å²) in [6, 6.07) is 9.28. The largest absolute Gasteiger partial charge is 0.456 e. The van der Waals surface area contributed by atoms with Crippen LogP contribution >= 0.6 is 11.8 Å². The van der Waals surface area contributed by atoms with Crippen LogP contribution in [-0.4, -0.2) is 39.3 Å². The van der Waals surface area contributed by atoms with Crippen molar-refractivity contribution in [2.75, 3.05) is 0 Å². The predicted molar refractivity (Wildman–Crippen MR) is 101 cm³/mol. The summed E-state index contributed by atoms with van der Waals surface area (Å²) in [5.74, 6) is -0.677. The summed E-state index contributed by atoms with van der Waals surface area (Å²) < 4.78 is 5.49. The molecule has 0 aromatic heterocycles. The summed E-state index contributed by atoms with van der Waals surface area (Å²) in [6.07, 6.45) is -0.174. The highest BCUT2D eigenvalue weighted by molar-refractivity contribution is 8.03. The van der Waals surface area contributed by atoms with Gasteiger partial charge in [0.1, 0.15) is 12.3 Å². The molecule has 2 heterocycles. The Morgan fingerprint density at radius 2 is 2.00 bits per heavy atom. The third kappa shape index (κ3) is 3.05. The van der Waals surface area contributed by atoms with Crippen molar-refractivity contribution in [1.82, 2.24) is 4.90 Å². The van der Waals surface area contributed by atoms with E-state index in [0.717, 1.165) is 10.5 Å². The van der Waals surface area contributed by atoms with Crippen molar-refractivity contribution in [3.8, 4) is 0 Å². The number of rotatable bonds is 6. The fourth-order valence-corrected chi connectivity index (χ4v) is 4.68. The van der Waals surface area contributed by atoms with Crippen molar-refractivity contribution in [2.45, 2.75) is 58.1 Å². The molecule has 3 unspecified atom stereocenters. The third-order valence-corrected chi connectivity index (χ3v) is 6.34. The lowest BCUT2D eigenvalue weighted by molar-refractivity contribution is -0.178. The van der Waals surface area contributed by atoms with Gasteiger partial charge in [-0.15, -0.1) is 11.8 Å². The second kappa shape index (κ2) is 7.08. The van der Waals surface area contributed by atoms with E-state index < -0.39 is 17.5 Å². The maximum absolute atomic E-state index is 12.8. The lowest BCUT2D eigenvalue weighted by Crippen LogP contribution is -2.69. The molecule has 140 valence electrons. The van der Waals surface area contributed by atoms with Gasteiger partial charge >= 0.3 is 5.97 Å². The van der Waals surface area contributed by atoms with Crippen LogP contribution in [-0.2, 0) is 20.9 Å². The predicted octanol–water partition coefficient (Wildman–Crippen LogP) is 3.08. The smallest absolute Gasteiger partial charge is 0.356 e. The highest BCUT2D eigenvalue weighted by atomic mass is 32.2. The lowest BCUT2D eigenvalue weighted by atomic mass is 9.68. The van der Waals surface area contributed by atoms with Crippen LogP contribution in [0.15, 0.2) is 40.9 Å². The van der Waals surface area contributed by atoms with Gasteiger partial charge in [0.15, 0.2) is 0 Å². The van der Waals surface area contributed by atoms with E-state index in [1.54, 1.807) is 25.6 Å². The van der Waals surface area contributed by atoms with Gasteiger partial charge in [-0.25, -0.2) is 4.79 Å². The number of hydrogen-bond donors (Lipinski definition) is 1. The molecule has 0 aliphatic carbocycles. The molecule has 0 radical (unpaired) electrons. The second-order valence-electron chi connectivity index (χ2n) is 7.35. The number of ether oxygens (including phenoxy) is 1. The molecule has 0 spiro atoms. The van der Waals surface area contributed by atoms with E-state index in [1.807, 2.05) is 30.3 Å². The fourth-order valence-electron chi connectivity index (χ4n) is 3.56. The minimum absolute atomic E-state index is 0.170. The monoisotopic (exact) mass is 375 g/mol. The summed E-state index contributed by atoms with van der Waals surface area (Å²) in [6.45, 7) is 7.68. The average Bonchev–Trinajstić information content (AvgIpc) is 2.95. The highest BCUT2D eigenvalue weighted by Gasteiger charge is 2.65. The highest BCUT2D eigenvalue weighted by Crippen LogP contribution is 2.54. The molecule has 1 aromatic rings. The molecule has 1 fully saturated rings. The van der Waals surface area contributed by atoms with E-state index in [4.69, 9.17) is 4.74 Å². The molecule has 5 nitrogen and oxygen atoms in total. The van der Waals surface area contributed by atoms with E-state index >= 15 is 0 Å². The van der Waals surface area contributed by atoms with Crippen molar-refractivity contribution in [1.29, 1.82) is 0 Å². The first-order chi connectivity index (χ1) is 12.3. The van der Waals surface area contributed by atoms with Crippen LogP contribution < -0.4 is 0 Å². The average molecular weight is 375 g/mol. The molecular weight excluding hydrogens is 350 g/mol. The number of carbonyl (C=O) groups excluding carboxylic acids is 2. The molecule has 3 rings (SSSR count). The Morgan fingerprint density at radius 3 is 2.58 bits per heavy atom. The summed E-state index contributed by atoms with van der Waals surface area (Å²) in [4.78, 5) is 27.9. The zero-order valence-electron chi connectivity index (χ0n) is 15.6. The molecule has 1 aromatic carbocycles. The topological polar surface area (TPSA) is 66.8 Å². The van der Waals surface area contributed by atoms with Gasteiger partial charge in [0.05, 0.1) is 17.6 Å². The number of β-lactam (4-membered cyclic amide) rings is 1. The first kappa shape index (κ1) is 19.0. The summed E-state index contributed by atoms with van der Waals surface area (Å²) >= 11 is 1.59. The van der Waals surface area contributed by atoms with Gasteiger partial charge in [-0.05, 0) is 19.4 Å². The minimum Gasteiger partial charge on any atom is -0.456 e. The number of fused-ring (bicyclic) bond motifs is 1. The molecule has 2 aliphatic rings. The zero-order valence-corrected chi connectivity index (χ0v) is 16.4. The lowest BCUT2D eigenvalue weighted by Gasteiger charge is -2.53. The Hall–Kier alpha value is -1.79. The molecule has 0 bridgehead atoms. The SMILES string of the molecule is CC(C)SC1=C(C(=O)OCc2ccccc2)N2C(=O)C(C)(C(C)O)C2C1. The first-order valence-electron chi connectivity index (χ1n) is 8.89. The summed E-state index contributed by atoms with van der Waals surface area (Å²) in [7, 11) is 0. The van der Waals surface area contributed by atoms with Crippen LogP contribution in [0.2, 0.25) is 0 Å². The Balaban J connectivity index is 1.82. The Labute approximate surface area is 158 Å². The number of aliphatic hydroxyl groups is 1. The molecule has 2 aliphatic heterocycles. The van der Waals surface area contributed by atoms with E-state index in [1.165, 1.54) is 4.90 Å². The van der Waals surface area contributed by atoms with E-state index in [0.29, 0.717) is 12.1 Å².